The van der Waals surface area contributed by atoms with Crippen molar-refractivity contribution >= 4 is 5.97 Å². The first kappa shape index (κ1) is 15.5. The molecule has 0 spiro atoms. The molecule has 0 bridgehead atoms. The molecule has 0 aromatic heterocycles. The minimum atomic E-state index is -0.0398. The smallest absolute Gasteiger partial charge is 0.305 e. The second-order valence-electron chi connectivity index (χ2n) is 4.30. The monoisotopic (exact) mass is 227 g/mol. The Kier molecular flexibility index (Phi) is 12.1. The normalized spacial score (nSPS) is 10.4. The molecule has 2 heteroatoms. The van der Waals surface area contributed by atoms with Gasteiger partial charge in [0.05, 0.1) is 6.61 Å². The lowest BCUT2D eigenvalue weighted by atomic mass is 10.1. The predicted molar refractivity (Wildman–Crippen MR) is 68.2 cm³/mol. The number of hydrogen-bond acceptors (Lipinski definition) is 2. The topological polar surface area (TPSA) is 26.3 Å². The molecule has 0 aliphatic rings. The maximum atomic E-state index is 11.2. The molecule has 0 N–H and O–H groups in total. The molecular formula is C14H27O2. The van der Waals surface area contributed by atoms with Crippen LogP contribution in [0.4, 0.5) is 0 Å². The van der Waals surface area contributed by atoms with Crippen molar-refractivity contribution in [1.82, 2.24) is 0 Å². The number of ether oxygens (including phenoxy) is 1. The Balaban J connectivity index is 3.09. The number of hydrogen-bond donors (Lipinski definition) is 0. The molecule has 0 saturated carbocycles. The van der Waals surface area contributed by atoms with Crippen LogP contribution in [0.2, 0.25) is 0 Å². The van der Waals surface area contributed by atoms with Crippen LogP contribution in [0.15, 0.2) is 0 Å². The Morgan fingerprint density at radius 2 is 1.62 bits per heavy atom. The highest BCUT2D eigenvalue weighted by Gasteiger charge is 2.01. The molecule has 0 aliphatic heterocycles. The molecule has 95 valence electrons. The summed E-state index contributed by atoms with van der Waals surface area (Å²) in [5, 5.41) is 0. The maximum Gasteiger partial charge on any atom is 0.305 e. The zero-order chi connectivity index (χ0) is 12.1. The number of rotatable bonds is 11. The van der Waals surface area contributed by atoms with Crippen LogP contribution in [0.25, 0.3) is 0 Å². The van der Waals surface area contributed by atoms with Gasteiger partial charge in [0.1, 0.15) is 0 Å². The van der Waals surface area contributed by atoms with Gasteiger partial charge >= 0.3 is 5.97 Å². The van der Waals surface area contributed by atoms with Crippen LogP contribution in [-0.4, -0.2) is 12.6 Å². The Hall–Kier alpha value is -0.530. The Bertz CT molecular complexity index is 155. The zero-order valence-electron chi connectivity index (χ0n) is 10.8. The van der Waals surface area contributed by atoms with Gasteiger partial charge in [0.25, 0.3) is 0 Å². The lowest BCUT2D eigenvalue weighted by molar-refractivity contribution is -0.143. The van der Waals surface area contributed by atoms with Crippen LogP contribution in [0.5, 0.6) is 0 Å². The number of unbranched alkanes of at least 4 members (excludes halogenated alkanes) is 7. The van der Waals surface area contributed by atoms with E-state index in [0.29, 0.717) is 13.0 Å². The largest absolute Gasteiger partial charge is 0.466 e. The van der Waals surface area contributed by atoms with E-state index in [9.17, 15) is 4.79 Å². The van der Waals surface area contributed by atoms with E-state index in [4.69, 9.17) is 4.74 Å². The third-order valence-electron chi connectivity index (χ3n) is 2.64. The number of carbonyl (C=O) groups excluding carboxylic acids is 1. The van der Waals surface area contributed by atoms with Gasteiger partial charge in [0.2, 0.25) is 0 Å². The molecule has 0 amide bonds. The van der Waals surface area contributed by atoms with Crippen LogP contribution in [0.1, 0.15) is 71.1 Å². The summed E-state index contributed by atoms with van der Waals surface area (Å²) in [5.41, 5.74) is 0. The molecule has 0 rings (SSSR count). The summed E-state index contributed by atoms with van der Waals surface area (Å²) in [5.74, 6) is -0.0398. The third-order valence-corrected chi connectivity index (χ3v) is 2.64. The van der Waals surface area contributed by atoms with E-state index < -0.39 is 0 Å². The lowest BCUT2D eigenvalue weighted by Gasteiger charge is -2.03. The zero-order valence-corrected chi connectivity index (χ0v) is 10.8. The highest BCUT2D eigenvalue weighted by Crippen LogP contribution is 2.08. The van der Waals surface area contributed by atoms with Crippen LogP contribution >= 0.6 is 0 Å². The SMILES string of the molecule is [CH2]CCCOC(=O)CCCCCCCCC. The molecule has 0 aromatic carbocycles. The molecule has 0 aromatic rings. The van der Waals surface area contributed by atoms with E-state index in [1.165, 1.54) is 32.1 Å². The minimum absolute atomic E-state index is 0.0398. The van der Waals surface area contributed by atoms with Crippen LogP contribution in [-0.2, 0) is 9.53 Å². The molecule has 0 aliphatic carbocycles. The van der Waals surface area contributed by atoms with E-state index >= 15 is 0 Å². The molecule has 1 radical (unpaired) electrons. The lowest BCUT2D eigenvalue weighted by Crippen LogP contribution is -2.05. The quantitative estimate of drug-likeness (QED) is 0.389. The van der Waals surface area contributed by atoms with Gasteiger partial charge in [-0.15, -0.1) is 0 Å². The molecule has 0 unspecified atom stereocenters. The average molecular weight is 227 g/mol. The van der Waals surface area contributed by atoms with Crippen molar-refractivity contribution in [2.45, 2.75) is 71.1 Å². The van der Waals surface area contributed by atoms with Crippen molar-refractivity contribution in [3.05, 3.63) is 6.92 Å². The third kappa shape index (κ3) is 11.5. The van der Waals surface area contributed by atoms with Crippen molar-refractivity contribution in [2.24, 2.45) is 0 Å². The van der Waals surface area contributed by atoms with Crippen molar-refractivity contribution in [3.8, 4) is 0 Å². The number of esters is 1. The predicted octanol–water partition coefficient (Wildman–Crippen LogP) is 4.28. The summed E-state index contributed by atoms with van der Waals surface area (Å²) in [6.45, 7) is 6.47. The van der Waals surface area contributed by atoms with Gasteiger partial charge in [-0.25, -0.2) is 0 Å². The molecule has 2 nitrogen and oxygen atoms in total. The molecule has 0 heterocycles. The fourth-order valence-electron chi connectivity index (χ4n) is 1.59. The van der Waals surface area contributed by atoms with Gasteiger partial charge < -0.3 is 4.74 Å². The number of carbonyl (C=O) groups is 1. The van der Waals surface area contributed by atoms with Crippen LogP contribution in [0.3, 0.4) is 0 Å². The Morgan fingerprint density at radius 3 is 2.25 bits per heavy atom. The van der Waals surface area contributed by atoms with Crippen molar-refractivity contribution < 1.29 is 9.53 Å². The van der Waals surface area contributed by atoms with Crippen molar-refractivity contribution in [3.63, 3.8) is 0 Å². The second-order valence-corrected chi connectivity index (χ2v) is 4.30. The maximum absolute atomic E-state index is 11.2. The van der Waals surface area contributed by atoms with Crippen LogP contribution in [0, 0.1) is 6.92 Å². The second kappa shape index (κ2) is 12.5. The van der Waals surface area contributed by atoms with Gasteiger partial charge in [-0.3, -0.25) is 4.79 Å². The fraction of sp³-hybridized carbons (Fsp3) is 0.857. The summed E-state index contributed by atoms with van der Waals surface area (Å²) >= 11 is 0. The Labute approximate surface area is 101 Å². The molecule has 0 atom stereocenters. The van der Waals surface area contributed by atoms with Crippen molar-refractivity contribution in [2.75, 3.05) is 6.61 Å². The van der Waals surface area contributed by atoms with Gasteiger partial charge in [-0.2, -0.15) is 0 Å². The minimum Gasteiger partial charge on any atom is -0.466 e. The molecule has 16 heavy (non-hydrogen) atoms. The molecule has 0 saturated heterocycles. The average Bonchev–Trinajstić information content (AvgIpc) is 2.28. The van der Waals surface area contributed by atoms with Crippen molar-refractivity contribution in [1.29, 1.82) is 0 Å². The standard InChI is InChI=1S/C14H27O2/c1-3-5-7-8-9-10-11-12-14(15)16-13-6-4-2/h2-13H2,1H3. The van der Waals surface area contributed by atoms with E-state index in [0.717, 1.165) is 25.7 Å². The first-order valence-electron chi connectivity index (χ1n) is 6.76. The molecule has 0 fully saturated rings. The van der Waals surface area contributed by atoms with Gasteiger partial charge in [0, 0.05) is 6.42 Å². The fourth-order valence-corrected chi connectivity index (χ4v) is 1.59. The van der Waals surface area contributed by atoms with Gasteiger partial charge in [-0.1, -0.05) is 58.8 Å². The van der Waals surface area contributed by atoms with E-state index in [1.54, 1.807) is 0 Å². The Morgan fingerprint density at radius 1 is 1.00 bits per heavy atom. The van der Waals surface area contributed by atoms with E-state index in [-0.39, 0.29) is 5.97 Å². The van der Waals surface area contributed by atoms with E-state index in [1.807, 2.05) is 0 Å². The summed E-state index contributed by atoms with van der Waals surface area (Å²) in [6, 6.07) is 0. The van der Waals surface area contributed by atoms with Gasteiger partial charge in [-0.05, 0) is 12.8 Å². The summed E-state index contributed by atoms with van der Waals surface area (Å²) < 4.78 is 5.05. The van der Waals surface area contributed by atoms with E-state index in [2.05, 4.69) is 13.8 Å². The first-order valence-corrected chi connectivity index (χ1v) is 6.76. The van der Waals surface area contributed by atoms with Gasteiger partial charge in [0.15, 0.2) is 0 Å². The highest BCUT2D eigenvalue weighted by molar-refractivity contribution is 5.69. The molecular weight excluding hydrogens is 200 g/mol. The first-order chi connectivity index (χ1) is 7.81. The summed E-state index contributed by atoms with van der Waals surface area (Å²) in [7, 11) is 0. The van der Waals surface area contributed by atoms with Crippen LogP contribution < -0.4 is 0 Å². The summed E-state index contributed by atoms with van der Waals surface area (Å²) in [6.07, 6.45) is 11.0. The summed E-state index contributed by atoms with van der Waals surface area (Å²) in [4.78, 5) is 11.2. The highest BCUT2D eigenvalue weighted by atomic mass is 16.5.